The van der Waals surface area contributed by atoms with Crippen molar-refractivity contribution in [2.45, 2.75) is 26.3 Å². The summed E-state index contributed by atoms with van der Waals surface area (Å²) in [7, 11) is 1.67. The summed E-state index contributed by atoms with van der Waals surface area (Å²) < 4.78 is 6.22. The molecule has 3 N–H and O–H groups in total. The third kappa shape index (κ3) is 3.84. The largest absolute Gasteiger partial charge is 0.496 e. The van der Waals surface area contributed by atoms with Crippen LogP contribution in [0.3, 0.4) is 0 Å². The van der Waals surface area contributed by atoms with Gasteiger partial charge in [-0.15, -0.1) is 0 Å². The zero-order valence-corrected chi connectivity index (χ0v) is 14.2. The van der Waals surface area contributed by atoms with Gasteiger partial charge in [0.15, 0.2) is 0 Å². The third-order valence-corrected chi connectivity index (χ3v) is 4.29. The zero-order chi connectivity index (χ0) is 15.4. The maximum absolute atomic E-state index is 5.78. The van der Waals surface area contributed by atoms with E-state index in [0.29, 0.717) is 0 Å². The van der Waals surface area contributed by atoms with Crippen LogP contribution in [0.2, 0.25) is 0 Å². The number of hydrazine groups is 1. The Morgan fingerprint density at radius 3 is 2.57 bits per heavy atom. The van der Waals surface area contributed by atoms with E-state index in [1.807, 2.05) is 6.07 Å². The van der Waals surface area contributed by atoms with Crippen molar-refractivity contribution in [3.8, 4) is 5.75 Å². The van der Waals surface area contributed by atoms with Gasteiger partial charge in [0.25, 0.3) is 0 Å². The molecule has 0 radical (unpaired) electrons. The molecular weight excluding hydrogens is 328 g/mol. The van der Waals surface area contributed by atoms with Crippen LogP contribution in [0, 0.1) is 13.8 Å². The fraction of sp³-hybridized carbons (Fsp3) is 0.294. The average Bonchev–Trinajstić information content (AvgIpc) is 2.47. The number of hydrogen-bond donors (Lipinski definition) is 2. The highest BCUT2D eigenvalue weighted by molar-refractivity contribution is 9.10. The molecule has 0 heterocycles. The molecule has 21 heavy (non-hydrogen) atoms. The summed E-state index contributed by atoms with van der Waals surface area (Å²) in [6.45, 7) is 4.21. The predicted octanol–water partition coefficient (Wildman–Crippen LogP) is 3.82. The number of benzene rings is 2. The molecule has 0 aliphatic heterocycles. The molecule has 2 rings (SSSR count). The van der Waals surface area contributed by atoms with E-state index in [1.54, 1.807) is 7.11 Å². The van der Waals surface area contributed by atoms with E-state index >= 15 is 0 Å². The van der Waals surface area contributed by atoms with Gasteiger partial charge < -0.3 is 4.74 Å². The van der Waals surface area contributed by atoms with Gasteiger partial charge in [-0.25, -0.2) is 0 Å². The first kappa shape index (κ1) is 16.0. The molecule has 0 amide bonds. The van der Waals surface area contributed by atoms with Crippen LogP contribution < -0.4 is 16.0 Å². The minimum Gasteiger partial charge on any atom is -0.496 e. The zero-order valence-electron chi connectivity index (χ0n) is 12.6. The minimum atomic E-state index is 0.0881. The van der Waals surface area contributed by atoms with Crippen molar-refractivity contribution in [2.75, 3.05) is 7.11 Å². The average molecular weight is 349 g/mol. The first-order valence-corrected chi connectivity index (χ1v) is 7.70. The van der Waals surface area contributed by atoms with Crippen LogP contribution in [0.4, 0.5) is 0 Å². The van der Waals surface area contributed by atoms with Crippen LogP contribution in [0.1, 0.15) is 28.3 Å². The normalized spacial score (nSPS) is 12.2. The number of methoxy groups -OCH3 is 1. The molecule has 0 spiro atoms. The molecule has 0 aliphatic carbocycles. The Morgan fingerprint density at radius 2 is 1.95 bits per heavy atom. The van der Waals surface area contributed by atoms with Crippen molar-refractivity contribution in [1.29, 1.82) is 0 Å². The van der Waals surface area contributed by atoms with E-state index < -0.39 is 0 Å². The molecule has 0 aliphatic rings. The lowest BCUT2D eigenvalue weighted by Crippen LogP contribution is -2.30. The standard InChI is InChI=1S/C17H21BrN2O/c1-11-4-5-12(2)14(8-11)16(20-19)10-13-6-7-17(21-3)15(18)9-13/h4-9,16,20H,10,19H2,1-3H3. The molecule has 1 unspecified atom stereocenters. The van der Waals surface area contributed by atoms with Gasteiger partial charge in [0.05, 0.1) is 17.6 Å². The summed E-state index contributed by atoms with van der Waals surface area (Å²) in [4.78, 5) is 0. The van der Waals surface area contributed by atoms with E-state index in [0.717, 1.165) is 16.6 Å². The van der Waals surface area contributed by atoms with Gasteiger partial charge >= 0.3 is 0 Å². The Hall–Kier alpha value is -1.36. The molecule has 0 bridgehead atoms. The highest BCUT2D eigenvalue weighted by atomic mass is 79.9. The van der Waals surface area contributed by atoms with Crippen molar-refractivity contribution in [1.82, 2.24) is 5.43 Å². The monoisotopic (exact) mass is 348 g/mol. The predicted molar refractivity (Wildman–Crippen MR) is 90.4 cm³/mol. The highest BCUT2D eigenvalue weighted by Crippen LogP contribution is 2.28. The second-order valence-corrected chi connectivity index (χ2v) is 6.11. The Kier molecular flexibility index (Phi) is 5.39. The maximum atomic E-state index is 5.78. The fourth-order valence-electron chi connectivity index (χ4n) is 2.47. The molecule has 0 aromatic heterocycles. The lowest BCUT2D eigenvalue weighted by atomic mass is 9.94. The van der Waals surface area contributed by atoms with Crippen LogP contribution >= 0.6 is 15.9 Å². The van der Waals surface area contributed by atoms with Crippen LogP contribution in [0.25, 0.3) is 0 Å². The van der Waals surface area contributed by atoms with Crippen molar-refractivity contribution >= 4 is 15.9 Å². The summed E-state index contributed by atoms with van der Waals surface area (Å²) in [5.41, 5.74) is 7.87. The SMILES string of the molecule is COc1ccc(CC(NN)c2cc(C)ccc2C)cc1Br. The summed E-state index contributed by atoms with van der Waals surface area (Å²) in [6.07, 6.45) is 0.823. The van der Waals surface area contributed by atoms with Crippen molar-refractivity contribution < 1.29 is 4.74 Å². The molecule has 112 valence electrons. The summed E-state index contributed by atoms with van der Waals surface area (Å²) in [6, 6.07) is 12.7. The smallest absolute Gasteiger partial charge is 0.133 e. The molecule has 0 fully saturated rings. The third-order valence-electron chi connectivity index (χ3n) is 3.67. The summed E-state index contributed by atoms with van der Waals surface area (Å²) in [5, 5.41) is 0. The Bertz CT molecular complexity index is 628. The fourth-order valence-corrected chi connectivity index (χ4v) is 3.05. The number of nitrogens with one attached hydrogen (secondary N) is 1. The lowest BCUT2D eigenvalue weighted by Gasteiger charge is -2.20. The van der Waals surface area contributed by atoms with Crippen molar-refractivity contribution in [3.05, 3.63) is 63.1 Å². The molecule has 4 heteroatoms. The number of ether oxygens (including phenoxy) is 1. The van der Waals surface area contributed by atoms with Crippen molar-refractivity contribution in [2.24, 2.45) is 5.84 Å². The van der Waals surface area contributed by atoms with Crippen LogP contribution in [-0.2, 0) is 6.42 Å². The molecule has 2 aromatic carbocycles. The van der Waals surface area contributed by atoms with E-state index in [-0.39, 0.29) is 6.04 Å². The molecule has 2 aromatic rings. The van der Waals surface area contributed by atoms with Gasteiger partial charge in [0, 0.05) is 0 Å². The first-order valence-electron chi connectivity index (χ1n) is 6.91. The van der Waals surface area contributed by atoms with Crippen LogP contribution in [0.5, 0.6) is 5.75 Å². The summed E-state index contributed by atoms with van der Waals surface area (Å²) in [5.74, 6) is 6.62. The van der Waals surface area contributed by atoms with Crippen LogP contribution in [0.15, 0.2) is 40.9 Å². The molecule has 3 nitrogen and oxygen atoms in total. The van der Waals surface area contributed by atoms with Gasteiger partial charge in [-0.1, -0.05) is 29.8 Å². The van der Waals surface area contributed by atoms with Gasteiger partial charge in [0.2, 0.25) is 0 Å². The number of halogens is 1. The van der Waals surface area contributed by atoms with Gasteiger partial charge in [-0.3, -0.25) is 11.3 Å². The van der Waals surface area contributed by atoms with E-state index in [4.69, 9.17) is 10.6 Å². The van der Waals surface area contributed by atoms with E-state index in [9.17, 15) is 0 Å². The van der Waals surface area contributed by atoms with E-state index in [1.165, 1.54) is 22.3 Å². The minimum absolute atomic E-state index is 0.0881. The Labute approximate surface area is 134 Å². The highest BCUT2D eigenvalue weighted by Gasteiger charge is 2.14. The first-order chi connectivity index (χ1) is 10.0. The Morgan fingerprint density at radius 1 is 1.19 bits per heavy atom. The molecule has 0 saturated carbocycles. The van der Waals surface area contributed by atoms with E-state index in [2.05, 4.69) is 65.5 Å². The second-order valence-electron chi connectivity index (χ2n) is 5.25. The quantitative estimate of drug-likeness (QED) is 0.637. The topological polar surface area (TPSA) is 47.3 Å². The van der Waals surface area contributed by atoms with Gasteiger partial charge in [-0.2, -0.15) is 0 Å². The van der Waals surface area contributed by atoms with Gasteiger partial charge in [0.1, 0.15) is 5.75 Å². The molecule has 1 atom stereocenters. The Balaban J connectivity index is 2.26. The molecule has 0 saturated heterocycles. The van der Waals surface area contributed by atoms with Crippen LogP contribution in [-0.4, -0.2) is 7.11 Å². The lowest BCUT2D eigenvalue weighted by molar-refractivity contribution is 0.412. The number of rotatable bonds is 5. The maximum Gasteiger partial charge on any atom is 0.133 e. The number of hydrogen-bond acceptors (Lipinski definition) is 3. The second kappa shape index (κ2) is 7.07. The number of nitrogens with two attached hydrogens (primary N) is 1. The summed E-state index contributed by atoms with van der Waals surface area (Å²) >= 11 is 3.52. The number of aryl methyl sites for hydroxylation is 2. The molecular formula is C17H21BrN2O. The van der Waals surface area contributed by atoms with Crippen molar-refractivity contribution in [3.63, 3.8) is 0 Å². The van der Waals surface area contributed by atoms with Gasteiger partial charge in [-0.05, 0) is 65.0 Å².